The van der Waals surface area contributed by atoms with Crippen LogP contribution in [0.2, 0.25) is 0 Å². The van der Waals surface area contributed by atoms with E-state index in [1.807, 2.05) is 11.6 Å². The number of aryl methyl sites for hydroxylation is 1. The van der Waals surface area contributed by atoms with Crippen LogP contribution in [0, 0.1) is 12.7 Å². The molecule has 0 saturated carbocycles. The highest BCUT2D eigenvalue weighted by molar-refractivity contribution is 5.31. The summed E-state index contributed by atoms with van der Waals surface area (Å²) in [5.41, 5.74) is 2.07. The number of hydrogen-bond donors (Lipinski definition) is 0. The molecule has 0 aliphatic rings. The minimum atomic E-state index is -0.00973. The van der Waals surface area contributed by atoms with Crippen LogP contribution in [0.15, 0.2) is 6.20 Å². The van der Waals surface area contributed by atoms with E-state index >= 15 is 0 Å². The van der Waals surface area contributed by atoms with Crippen molar-refractivity contribution >= 4 is 0 Å². The van der Waals surface area contributed by atoms with Gasteiger partial charge >= 0.3 is 0 Å². The molecule has 1 nitrogen and oxygen atoms in total. The van der Waals surface area contributed by atoms with Gasteiger partial charge in [-0.1, -0.05) is 65.7 Å². The molecule has 1 aromatic rings. The van der Waals surface area contributed by atoms with Gasteiger partial charge in [0.05, 0.1) is 0 Å². The maximum atomic E-state index is 14.4. The maximum absolute atomic E-state index is 14.4. The minimum absolute atomic E-state index is 0.00165. The summed E-state index contributed by atoms with van der Waals surface area (Å²) >= 11 is 0. The van der Waals surface area contributed by atoms with E-state index in [0.717, 1.165) is 24.1 Å². The molecule has 0 amide bonds. The molecule has 0 aromatic carbocycles. The predicted molar refractivity (Wildman–Crippen MR) is 90.4 cm³/mol. The molecule has 21 heavy (non-hydrogen) atoms. The van der Waals surface area contributed by atoms with E-state index in [-0.39, 0.29) is 11.2 Å². The predicted octanol–water partition coefficient (Wildman–Crippen LogP) is 6.28. The van der Waals surface area contributed by atoms with Crippen LogP contribution >= 0.6 is 0 Å². The Labute approximate surface area is 130 Å². The number of nitrogens with zero attached hydrogens (tertiary/aromatic N) is 1. The molecule has 0 fully saturated rings. The molecule has 0 bridgehead atoms. The second-order valence-electron chi connectivity index (χ2n) is 6.88. The van der Waals surface area contributed by atoms with E-state index in [9.17, 15) is 4.39 Å². The summed E-state index contributed by atoms with van der Waals surface area (Å²) in [6, 6.07) is 0. The quantitative estimate of drug-likeness (QED) is 0.448. The second-order valence-corrected chi connectivity index (χ2v) is 6.88. The Balaban J connectivity index is 2.88. The Kier molecular flexibility index (Phi) is 7.48. The molecule has 0 N–H and O–H groups in total. The van der Waals surface area contributed by atoms with Gasteiger partial charge in [-0.3, -0.25) is 0 Å². The third kappa shape index (κ3) is 4.86. The molecular weight excluding hydrogens is 261 g/mol. The molecule has 2 heteroatoms. The summed E-state index contributed by atoms with van der Waals surface area (Å²) in [6.07, 6.45) is 12.6. The lowest BCUT2D eigenvalue weighted by Crippen LogP contribution is -2.24. The Morgan fingerprint density at radius 1 is 1.00 bits per heavy atom. The lowest BCUT2D eigenvalue weighted by molar-refractivity contribution is 0.352. The van der Waals surface area contributed by atoms with Crippen molar-refractivity contribution in [2.24, 2.45) is 7.05 Å². The number of halogens is 1. The molecule has 1 atom stereocenters. The first-order valence-electron chi connectivity index (χ1n) is 8.78. The molecule has 1 rings (SSSR count). The van der Waals surface area contributed by atoms with Crippen molar-refractivity contribution in [2.45, 2.75) is 90.9 Å². The highest BCUT2D eigenvalue weighted by Gasteiger charge is 2.31. The first-order chi connectivity index (χ1) is 9.96. The van der Waals surface area contributed by atoms with Gasteiger partial charge in [0.1, 0.15) is 5.82 Å². The average molecular weight is 295 g/mol. The third-order valence-electron chi connectivity index (χ3n) is 4.95. The van der Waals surface area contributed by atoms with Crippen molar-refractivity contribution in [3.63, 3.8) is 0 Å². The number of rotatable bonds is 10. The largest absolute Gasteiger partial charge is 0.352 e. The van der Waals surface area contributed by atoms with Crippen molar-refractivity contribution in [3.05, 3.63) is 23.3 Å². The fraction of sp³-hybridized carbons (Fsp3) is 0.789. The SMILES string of the molecule is CCCCCCC(C)(CCCCC)c1c(F)cn(C)c1C. The van der Waals surface area contributed by atoms with E-state index in [2.05, 4.69) is 27.7 Å². The lowest BCUT2D eigenvalue weighted by atomic mass is 9.74. The average Bonchev–Trinajstić information content (AvgIpc) is 2.69. The number of unbranched alkanes of at least 4 members (excludes halogenated alkanes) is 5. The Morgan fingerprint density at radius 3 is 2.00 bits per heavy atom. The van der Waals surface area contributed by atoms with Gasteiger partial charge in [0.25, 0.3) is 0 Å². The van der Waals surface area contributed by atoms with Crippen molar-refractivity contribution in [1.29, 1.82) is 0 Å². The van der Waals surface area contributed by atoms with Crippen LogP contribution in [-0.2, 0) is 12.5 Å². The molecule has 1 unspecified atom stereocenters. The topological polar surface area (TPSA) is 4.93 Å². The van der Waals surface area contributed by atoms with Crippen molar-refractivity contribution in [3.8, 4) is 0 Å². The van der Waals surface area contributed by atoms with Gasteiger partial charge < -0.3 is 4.57 Å². The highest BCUT2D eigenvalue weighted by atomic mass is 19.1. The molecule has 1 heterocycles. The first-order valence-corrected chi connectivity index (χ1v) is 8.78. The molecular formula is C19H34FN. The van der Waals surface area contributed by atoms with E-state index in [1.165, 1.54) is 44.9 Å². The van der Waals surface area contributed by atoms with Crippen molar-refractivity contribution < 1.29 is 4.39 Å². The first kappa shape index (κ1) is 18.3. The van der Waals surface area contributed by atoms with Gasteiger partial charge in [-0.15, -0.1) is 0 Å². The van der Waals surface area contributed by atoms with Crippen LogP contribution in [0.25, 0.3) is 0 Å². The van der Waals surface area contributed by atoms with Crippen LogP contribution in [0.5, 0.6) is 0 Å². The lowest BCUT2D eigenvalue weighted by Gasteiger charge is -2.31. The zero-order chi connectivity index (χ0) is 15.9. The molecule has 1 aromatic heterocycles. The zero-order valence-corrected chi connectivity index (χ0v) is 14.8. The fourth-order valence-electron chi connectivity index (χ4n) is 3.49. The summed E-state index contributed by atoms with van der Waals surface area (Å²) < 4.78 is 16.4. The van der Waals surface area contributed by atoms with Crippen molar-refractivity contribution in [2.75, 3.05) is 0 Å². The maximum Gasteiger partial charge on any atom is 0.144 e. The van der Waals surface area contributed by atoms with Gasteiger partial charge in [-0.05, 0) is 25.2 Å². The second kappa shape index (κ2) is 8.60. The van der Waals surface area contributed by atoms with E-state index < -0.39 is 0 Å². The normalized spacial score (nSPS) is 14.4. The molecule has 0 aliphatic carbocycles. The highest BCUT2D eigenvalue weighted by Crippen LogP contribution is 2.39. The fourth-order valence-corrected chi connectivity index (χ4v) is 3.49. The van der Waals surface area contributed by atoms with Gasteiger partial charge in [-0.2, -0.15) is 0 Å². The van der Waals surface area contributed by atoms with Crippen LogP contribution < -0.4 is 0 Å². The number of aromatic nitrogens is 1. The van der Waals surface area contributed by atoms with E-state index in [0.29, 0.717) is 0 Å². The van der Waals surface area contributed by atoms with Crippen molar-refractivity contribution in [1.82, 2.24) is 4.57 Å². The van der Waals surface area contributed by atoms with E-state index in [1.54, 1.807) is 6.20 Å². The minimum Gasteiger partial charge on any atom is -0.352 e. The summed E-state index contributed by atoms with van der Waals surface area (Å²) in [5.74, 6) is -0.00973. The summed E-state index contributed by atoms with van der Waals surface area (Å²) in [4.78, 5) is 0. The van der Waals surface area contributed by atoms with Crippen LogP contribution in [0.3, 0.4) is 0 Å². The van der Waals surface area contributed by atoms with Crippen LogP contribution in [0.1, 0.15) is 89.8 Å². The van der Waals surface area contributed by atoms with Gasteiger partial charge in [0, 0.05) is 24.5 Å². The molecule has 0 radical (unpaired) electrons. The van der Waals surface area contributed by atoms with Gasteiger partial charge in [-0.25, -0.2) is 4.39 Å². The molecule has 122 valence electrons. The summed E-state index contributed by atoms with van der Waals surface area (Å²) in [7, 11) is 1.95. The zero-order valence-electron chi connectivity index (χ0n) is 14.8. The van der Waals surface area contributed by atoms with Crippen LogP contribution in [0.4, 0.5) is 4.39 Å². The Hall–Kier alpha value is -0.790. The summed E-state index contributed by atoms with van der Waals surface area (Å²) in [6.45, 7) is 8.80. The molecule has 0 spiro atoms. The van der Waals surface area contributed by atoms with Gasteiger partial charge in [0.15, 0.2) is 0 Å². The summed E-state index contributed by atoms with van der Waals surface area (Å²) in [5, 5.41) is 0. The number of hydrogen-bond acceptors (Lipinski definition) is 0. The monoisotopic (exact) mass is 295 g/mol. The molecule has 0 saturated heterocycles. The third-order valence-corrected chi connectivity index (χ3v) is 4.95. The molecule has 0 aliphatic heterocycles. The Morgan fingerprint density at radius 2 is 1.52 bits per heavy atom. The van der Waals surface area contributed by atoms with E-state index in [4.69, 9.17) is 0 Å². The Bertz CT molecular complexity index is 421. The standard InChI is InChI=1S/C19H34FN/c1-6-8-10-12-14-19(4,13-11-9-7-2)18-16(3)21(5)15-17(18)20/h15H,6-14H2,1-5H3. The van der Waals surface area contributed by atoms with Crippen LogP contribution in [-0.4, -0.2) is 4.57 Å². The van der Waals surface area contributed by atoms with Gasteiger partial charge in [0.2, 0.25) is 0 Å². The smallest absolute Gasteiger partial charge is 0.144 e.